The van der Waals surface area contributed by atoms with Crippen molar-refractivity contribution in [1.82, 2.24) is 9.97 Å². The average Bonchev–Trinajstić information content (AvgIpc) is 2.28. The molecule has 2 nitrogen and oxygen atoms in total. The van der Waals surface area contributed by atoms with Crippen LogP contribution in [0.2, 0.25) is 0 Å². The van der Waals surface area contributed by atoms with Gasteiger partial charge in [0.05, 0.1) is 5.38 Å². The molecule has 2 rings (SSSR count). The molecule has 0 spiro atoms. The Morgan fingerprint density at radius 1 is 1.35 bits per heavy atom. The number of aryl methyl sites for hydroxylation is 1. The van der Waals surface area contributed by atoms with Crippen molar-refractivity contribution in [2.75, 3.05) is 0 Å². The molecule has 1 aromatic carbocycles. The van der Waals surface area contributed by atoms with Crippen molar-refractivity contribution in [2.45, 2.75) is 19.2 Å². The third-order valence-electron chi connectivity index (χ3n) is 2.53. The first-order valence-corrected chi connectivity index (χ1v) is 5.75. The van der Waals surface area contributed by atoms with E-state index in [0.717, 1.165) is 11.3 Å². The number of alkyl halides is 1. The summed E-state index contributed by atoms with van der Waals surface area (Å²) in [5, 5.41) is -0.128. The van der Waals surface area contributed by atoms with Crippen LogP contribution < -0.4 is 0 Å². The summed E-state index contributed by atoms with van der Waals surface area (Å²) in [6.45, 7) is 3.74. The highest BCUT2D eigenvalue weighted by Crippen LogP contribution is 2.23. The molecule has 17 heavy (non-hydrogen) atoms. The van der Waals surface area contributed by atoms with Gasteiger partial charge in [-0.1, -0.05) is 12.1 Å². The molecular formula is C13H12ClFN2. The molecule has 0 aliphatic carbocycles. The zero-order valence-corrected chi connectivity index (χ0v) is 10.4. The summed E-state index contributed by atoms with van der Waals surface area (Å²) in [5.74, 6) is 0.224. The summed E-state index contributed by atoms with van der Waals surface area (Å²) >= 11 is 5.99. The third kappa shape index (κ3) is 2.61. The highest BCUT2D eigenvalue weighted by Gasteiger charge is 2.09. The summed E-state index contributed by atoms with van der Waals surface area (Å²) in [7, 11) is 0. The lowest BCUT2D eigenvalue weighted by Crippen LogP contribution is -1.98. The summed E-state index contributed by atoms with van der Waals surface area (Å²) in [6, 6.07) is 6.23. The van der Waals surface area contributed by atoms with Crippen molar-refractivity contribution in [3.05, 3.63) is 47.5 Å². The Hall–Kier alpha value is -1.48. The zero-order valence-electron chi connectivity index (χ0n) is 9.61. The topological polar surface area (TPSA) is 25.8 Å². The average molecular weight is 251 g/mol. The Bertz CT molecular complexity index is 541. The molecule has 0 fully saturated rings. The molecule has 0 bridgehead atoms. The van der Waals surface area contributed by atoms with E-state index >= 15 is 0 Å². The van der Waals surface area contributed by atoms with Crippen molar-refractivity contribution < 1.29 is 4.39 Å². The highest BCUT2D eigenvalue weighted by atomic mass is 35.5. The predicted octanol–water partition coefficient (Wildman–Crippen LogP) is 3.89. The van der Waals surface area contributed by atoms with E-state index in [1.807, 2.05) is 13.8 Å². The van der Waals surface area contributed by atoms with Gasteiger partial charge in [0.25, 0.3) is 0 Å². The van der Waals surface area contributed by atoms with Crippen LogP contribution in [0.5, 0.6) is 0 Å². The van der Waals surface area contributed by atoms with Crippen molar-refractivity contribution in [2.24, 2.45) is 0 Å². The van der Waals surface area contributed by atoms with Crippen LogP contribution in [0.4, 0.5) is 4.39 Å². The normalized spacial score (nSPS) is 12.5. The first-order valence-electron chi connectivity index (χ1n) is 5.31. The summed E-state index contributed by atoms with van der Waals surface area (Å²) < 4.78 is 13.1. The van der Waals surface area contributed by atoms with Gasteiger partial charge in [0.2, 0.25) is 0 Å². The maximum Gasteiger partial charge on any atom is 0.159 e. The number of halogens is 2. The largest absolute Gasteiger partial charge is 0.236 e. The van der Waals surface area contributed by atoms with Gasteiger partial charge in [-0.15, -0.1) is 11.6 Å². The molecule has 0 N–H and O–H groups in total. The van der Waals surface area contributed by atoms with Crippen LogP contribution in [0, 0.1) is 12.7 Å². The minimum absolute atomic E-state index is 0.128. The van der Waals surface area contributed by atoms with Crippen LogP contribution in [0.1, 0.15) is 23.6 Å². The molecule has 0 radical (unpaired) electrons. The van der Waals surface area contributed by atoms with E-state index in [-0.39, 0.29) is 11.2 Å². The predicted molar refractivity (Wildman–Crippen MR) is 66.4 cm³/mol. The molecule has 1 heterocycles. The van der Waals surface area contributed by atoms with Crippen LogP contribution in [0.3, 0.4) is 0 Å². The number of rotatable bonds is 2. The molecule has 0 amide bonds. The maximum absolute atomic E-state index is 13.1. The van der Waals surface area contributed by atoms with E-state index in [9.17, 15) is 4.39 Å². The first kappa shape index (κ1) is 12.0. The number of benzene rings is 1. The molecule has 88 valence electrons. The van der Waals surface area contributed by atoms with E-state index in [1.165, 1.54) is 12.1 Å². The van der Waals surface area contributed by atoms with Gasteiger partial charge in [0.1, 0.15) is 5.82 Å². The second kappa shape index (κ2) is 4.80. The molecular weight excluding hydrogens is 239 g/mol. The van der Waals surface area contributed by atoms with Crippen molar-refractivity contribution >= 4 is 11.6 Å². The number of nitrogens with zero attached hydrogens (tertiary/aromatic N) is 2. The van der Waals surface area contributed by atoms with Crippen LogP contribution in [0.25, 0.3) is 11.4 Å². The molecule has 4 heteroatoms. The van der Waals surface area contributed by atoms with Gasteiger partial charge in [0, 0.05) is 23.0 Å². The quantitative estimate of drug-likeness (QED) is 0.756. The molecule has 1 atom stereocenters. The lowest BCUT2D eigenvalue weighted by molar-refractivity contribution is 0.628. The van der Waals surface area contributed by atoms with E-state index < -0.39 is 0 Å². The summed E-state index contributed by atoms with van der Waals surface area (Å²) in [4.78, 5) is 8.55. The number of hydrogen-bond donors (Lipinski definition) is 0. The Kier molecular flexibility index (Phi) is 3.38. The molecule has 0 aliphatic heterocycles. The fourth-order valence-electron chi connectivity index (χ4n) is 1.63. The molecule has 1 unspecified atom stereocenters. The molecule has 0 saturated heterocycles. The molecule has 0 aliphatic rings. The zero-order chi connectivity index (χ0) is 12.4. The van der Waals surface area contributed by atoms with Crippen LogP contribution in [0.15, 0.2) is 30.5 Å². The molecule has 2 aromatic rings. The third-order valence-corrected chi connectivity index (χ3v) is 2.76. The van der Waals surface area contributed by atoms with E-state index in [1.54, 1.807) is 18.3 Å². The number of hydrogen-bond acceptors (Lipinski definition) is 2. The second-order valence-electron chi connectivity index (χ2n) is 3.86. The lowest BCUT2D eigenvalue weighted by Gasteiger charge is -2.08. The molecule has 1 aromatic heterocycles. The fourth-order valence-corrected chi connectivity index (χ4v) is 1.85. The van der Waals surface area contributed by atoms with Crippen LogP contribution in [-0.2, 0) is 0 Å². The first-order chi connectivity index (χ1) is 8.08. The van der Waals surface area contributed by atoms with E-state index in [4.69, 9.17) is 11.6 Å². The van der Waals surface area contributed by atoms with Crippen molar-refractivity contribution in [1.29, 1.82) is 0 Å². The van der Waals surface area contributed by atoms with E-state index in [2.05, 4.69) is 9.97 Å². The minimum atomic E-state index is -0.293. The fraction of sp³-hybridized carbons (Fsp3) is 0.231. The minimum Gasteiger partial charge on any atom is -0.236 e. The van der Waals surface area contributed by atoms with Gasteiger partial charge in [0.15, 0.2) is 5.82 Å². The lowest BCUT2D eigenvalue weighted by atomic mass is 10.1. The Labute approximate surface area is 104 Å². The van der Waals surface area contributed by atoms with Gasteiger partial charge >= 0.3 is 0 Å². The van der Waals surface area contributed by atoms with E-state index in [0.29, 0.717) is 11.4 Å². The van der Waals surface area contributed by atoms with Crippen LogP contribution in [-0.4, -0.2) is 9.97 Å². The van der Waals surface area contributed by atoms with Crippen molar-refractivity contribution in [3.63, 3.8) is 0 Å². The molecule has 0 saturated carbocycles. The van der Waals surface area contributed by atoms with Gasteiger partial charge in [-0.05, 0) is 26.0 Å². The smallest absolute Gasteiger partial charge is 0.159 e. The Morgan fingerprint density at radius 3 is 2.71 bits per heavy atom. The number of aromatic nitrogens is 2. The van der Waals surface area contributed by atoms with Crippen LogP contribution >= 0.6 is 11.6 Å². The highest BCUT2D eigenvalue weighted by molar-refractivity contribution is 6.20. The Morgan fingerprint density at radius 2 is 2.12 bits per heavy atom. The SMILES string of the molecule is Cc1nc(-c2cccc(F)c2)ncc1C(C)Cl. The maximum atomic E-state index is 13.1. The monoisotopic (exact) mass is 250 g/mol. The van der Waals surface area contributed by atoms with Gasteiger partial charge in [-0.3, -0.25) is 0 Å². The second-order valence-corrected chi connectivity index (χ2v) is 4.52. The van der Waals surface area contributed by atoms with Gasteiger partial charge in [-0.25, -0.2) is 14.4 Å². The Balaban J connectivity index is 2.44. The van der Waals surface area contributed by atoms with Crippen molar-refractivity contribution in [3.8, 4) is 11.4 Å². The summed E-state index contributed by atoms with van der Waals surface area (Å²) in [5.41, 5.74) is 2.38. The van der Waals surface area contributed by atoms with Gasteiger partial charge < -0.3 is 0 Å². The standard InChI is InChI=1S/C13H12ClFN2/c1-8(14)12-7-16-13(17-9(12)2)10-4-3-5-11(15)6-10/h3-8H,1-2H3. The van der Waals surface area contributed by atoms with Gasteiger partial charge in [-0.2, -0.15) is 0 Å². The summed E-state index contributed by atoms with van der Waals surface area (Å²) in [6.07, 6.45) is 1.69.